The van der Waals surface area contributed by atoms with Crippen LogP contribution in [0.4, 0.5) is 5.69 Å². The van der Waals surface area contributed by atoms with Crippen LogP contribution < -0.4 is 11.1 Å². The maximum Gasteiger partial charge on any atom is 0.253 e. The van der Waals surface area contributed by atoms with Crippen molar-refractivity contribution >= 4 is 47.5 Å². The molecular weight excluding hydrogens is 340 g/mol. The Hall–Kier alpha value is -0.400. The van der Waals surface area contributed by atoms with Crippen molar-refractivity contribution in [2.24, 2.45) is 5.73 Å². The van der Waals surface area contributed by atoms with E-state index in [9.17, 15) is 4.79 Å². The Labute approximate surface area is 145 Å². The van der Waals surface area contributed by atoms with Gasteiger partial charge in [0, 0.05) is 23.7 Å². The van der Waals surface area contributed by atoms with Gasteiger partial charge in [0.05, 0.1) is 10.7 Å². The highest BCUT2D eigenvalue weighted by Gasteiger charge is 2.30. The Morgan fingerprint density at radius 2 is 2.09 bits per heavy atom. The van der Waals surface area contributed by atoms with Gasteiger partial charge in [-0.2, -0.15) is 0 Å². The second-order valence-electron chi connectivity index (χ2n) is 5.25. The van der Waals surface area contributed by atoms with Crippen LogP contribution in [0, 0.1) is 0 Å². The van der Waals surface area contributed by atoms with Crippen LogP contribution in [-0.4, -0.2) is 36.2 Å². The number of halogens is 1. The number of nitrogens with one attached hydrogen (secondary N) is 1. The van der Waals surface area contributed by atoms with E-state index < -0.39 is 0 Å². The number of rotatable bonds is 4. The summed E-state index contributed by atoms with van der Waals surface area (Å²) in [6.07, 6.45) is 1.28. The number of carbonyl (C=O) groups is 1. The standard InChI is InChI=1S/C15H20N2O2S2.ClH/c16-9-12-4-5-13(19-12)14(18)17-11-3-1-2-10(8-11)15-20-6-7-21-15;/h1-3,8,12-13,15H,4-7,9,16H2,(H,17,18);1H/t12-,13+;/m1./s1. The molecule has 122 valence electrons. The van der Waals surface area contributed by atoms with E-state index in [1.54, 1.807) is 0 Å². The van der Waals surface area contributed by atoms with Gasteiger partial charge in [-0.3, -0.25) is 4.79 Å². The summed E-state index contributed by atoms with van der Waals surface area (Å²) in [6.45, 7) is 0.482. The summed E-state index contributed by atoms with van der Waals surface area (Å²) < 4.78 is 6.12. The number of amides is 1. The second-order valence-corrected chi connectivity index (χ2v) is 7.97. The molecule has 0 unspecified atom stereocenters. The van der Waals surface area contributed by atoms with E-state index in [2.05, 4.69) is 17.4 Å². The van der Waals surface area contributed by atoms with Crippen molar-refractivity contribution in [1.82, 2.24) is 0 Å². The predicted molar refractivity (Wildman–Crippen MR) is 96.9 cm³/mol. The van der Waals surface area contributed by atoms with Crippen LogP contribution in [0.5, 0.6) is 0 Å². The average molecular weight is 361 g/mol. The lowest BCUT2D eigenvalue weighted by molar-refractivity contribution is -0.126. The Bertz CT molecular complexity index is 512. The maximum atomic E-state index is 12.2. The number of thioether (sulfide) groups is 2. The molecule has 0 aromatic heterocycles. The molecule has 3 N–H and O–H groups in total. The Kier molecular flexibility index (Phi) is 6.89. The minimum absolute atomic E-state index is 0. The fourth-order valence-electron chi connectivity index (χ4n) is 2.61. The summed E-state index contributed by atoms with van der Waals surface area (Å²) in [7, 11) is 0. The maximum absolute atomic E-state index is 12.2. The van der Waals surface area contributed by atoms with Gasteiger partial charge < -0.3 is 15.8 Å². The largest absolute Gasteiger partial charge is 0.364 e. The first-order chi connectivity index (χ1) is 10.3. The van der Waals surface area contributed by atoms with Crippen molar-refractivity contribution in [3.8, 4) is 0 Å². The Morgan fingerprint density at radius 3 is 2.77 bits per heavy atom. The quantitative estimate of drug-likeness (QED) is 0.864. The third kappa shape index (κ3) is 4.32. The highest BCUT2D eigenvalue weighted by atomic mass is 35.5. The van der Waals surface area contributed by atoms with Gasteiger partial charge in [-0.15, -0.1) is 35.9 Å². The van der Waals surface area contributed by atoms with Crippen LogP contribution in [-0.2, 0) is 9.53 Å². The van der Waals surface area contributed by atoms with Crippen LogP contribution in [0.1, 0.15) is 23.0 Å². The zero-order valence-electron chi connectivity index (χ0n) is 12.2. The molecule has 2 heterocycles. The molecule has 1 amide bonds. The minimum Gasteiger partial charge on any atom is -0.364 e. The summed E-state index contributed by atoms with van der Waals surface area (Å²) in [5.41, 5.74) is 7.70. The molecular formula is C15H21ClN2O2S2. The van der Waals surface area contributed by atoms with Crippen LogP contribution >= 0.6 is 35.9 Å². The molecule has 22 heavy (non-hydrogen) atoms. The fourth-order valence-corrected chi connectivity index (χ4v) is 5.45. The first kappa shape index (κ1) is 17.9. The Balaban J connectivity index is 0.00000176. The number of anilines is 1. The topological polar surface area (TPSA) is 64.4 Å². The molecule has 2 fully saturated rings. The van der Waals surface area contributed by atoms with E-state index in [1.165, 1.54) is 17.1 Å². The lowest BCUT2D eigenvalue weighted by Crippen LogP contribution is -2.29. The molecule has 1 aromatic carbocycles. The molecule has 2 atom stereocenters. The minimum atomic E-state index is -0.363. The van der Waals surface area contributed by atoms with Gasteiger partial charge in [0.1, 0.15) is 6.10 Å². The molecule has 3 rings (SSSR count). The first-order valence-corrected chi connectivity index (χ1v) is 9.35. The summed E-state index contributed by atoms with van der Waals surface area (Å²) in [5.74, 6) is 2.33. The SMILES string of the molecule is Cl.NC[C@H]1CC[C@@H](C(=O)Nc2cccc(C3SCCS3)c2)O1. The lowest BCUT2D eigenvalue weighted by atomic mass is 10.1. The van der Waals surface area contributed by atoms with Crippen LogP contribution in [0.15, 0.2) is 24.3 Å². The molecule has 0 spiro atoms. The van der Waals surface area contributed by atoms with Gasteiger partial charge in [0.2, 0.25) is 0 Å². The van der Waals surface area contributed by atoms with Crippen molar-refractivity contribution in [3.05, 3.63) is 29.8 Å². The van der Waals surface area contributed by atoms with Gasteiger partial charge in [-0.05, 0) is 30.5 Å². The van der Waals surface area contributed by atoms with Gasteiger partial charge >= 0.3 is 0 Å². The predicted octanol–water partition coefficient (Wildman–Crippen LogP) is 3.03. The number of carbonyl (C=O) groups excluding carboxylic acids is 1. The van der Waals surface area contributed by atoms with Crippen molar-refractivity contribution in [1.29, 1.82) is 0 Å². The average Bonchev–Trinajstić information content (AvgIpc) is 3.19. The number of hydrogen-bond donors (Lipinski definition) is 2. The summed E-state index contributed by atoms with van der Waals surface area (Å²) in [5, 5.41) is 2.97. The third-order valence-corrected chi connectivity index (χ3v) is 6.82. The normalized spacial score (nSPS) is 25.0. The third-order valence-electron chi connectivity index (χ3n) is 3.71. The molecule has 2 saturated heterocycles. The summed E-state index contributed by atoms with van der Waals surface area (Å²) >= 11 is 3.93. The highest BCUT2D eigenvalue weighted by molar-refractivity contribution is 8.19. The van der Waals surface area contributed by atoms with E-state index in [-0.39, 0.29) is 30.5 Å². The zero-order chi connectivity index (χ0) is 14.7. The molecule has 0 aliphatic carbocycles. The fraction of sp³-hybridized carbons (Fsp3) is 0.533. The first-order valence-electron chi connectivity index (χ1n) is 7.26. The van der Waals surface area contributed by atoms with Gasteiger partial charge in [-0.25, -0.2) is 0 Å². The Morgan fingerprint density at radius 1 is 1.32 bits per heavy atom. The number of hydrogen-bond acceptors (Lipinski definition) is 5. The summed E-state index contributed by atoms with van der Waals surface area (Å²) in [4.78, 5) is 12.2. The molecule has 0 bridgehead atoms. The number of benzene rings is 1. The molecule has 2 aliphatic heterocycles. The van der Waals surface area contributed by atoms with Crippen LogP contribution in [0.3, 0.4) is 0 Å². The van der Waals surface area contributed by atoms with E-state index in [0.29, 0.717) is 11.1 Å². The van der Waals surface area contributed by atoms with E-state index in [1.807, 2.05) is 35.7 Å². The smallest absolute Gasteiger partial charge is 0.253 e. The van der Waals surface area contributed by atoms with E-state index in [0.717, 1.165) is 18.5 Å². The summed E-state index contributed by atoms with van der Waals surface area (Å²) in [6, 6.07) is 8.13. The van der Waals surface area contributed by atoms with Gasteiger partial charge in [0.15, 0.2) is 0 Å². The monoisotopic (exact) mass is 360 g/mol. The molecule has 0 saturated carbocycles. The molecule has 1 aromatic rings. The second kappa shape index (κ2) is 8.45. The zero-order valence-corrected chi connectivity index (χ0v) is 14.6. The van der Waals surface area contributed by atoms with Crippen LogP contribution in [0.25, 0.3) is 0 Å². The van der Waals surface area contributed by atoms with Gasteiger partial charge in [0.25, 0.3) is 5.91 Å². The molecule has 4 nitrogen and oxygen atoms in total. The number of ether oxygens (including phenoxy) is 1. The molecule has 7 heteroatoms. The van der Waals surface area contributed by atoms with Crippen molar-refractivity contribution in [3.63, 3.8) is 0 Å². The van der Waals surface area contributed by atoms with E-state index >= 15 is 0 Å². The highest BCUT2D eigenvalue weighted by Crippen LogP contribution is 2.45. The van der Waals surface area contributed by atoms with Gasteiger partial charge in [-0.1, -0.05) is 12.1 Å². The van der Waals surface area contributed by atoms with Crippen LogP contribution in [0.2, 0.25) is 0 Å². The van der Waals surface area contributed by atoms with Crippen molar-refractivity contribution in [2.45, 2.75) is 29.6 Å². The van der Waals surface area contributed by atoms with Crippen molar-refractivity contribution in [2.75, 3.05) is 23.4 Å². The number of nitrogens with two attached hydrogens (primary N) is 1. The molecule has 0 radical (unpaired) electrons. The lowest BCUT2D eigenvalue weighted by Gasteiger charge is -2.14. The van der Waals surface area contributed by atoms with E-state index in [4.69, 9.17) is 10.5 Å². The van der Waals surface area contributed by atoms with Crippen molar-refractivity contribution < 1.29 is 9.53 Å². The molecule has 2 aliphatic rings.